The number of nitrogens with zero attached hydrogens (tertiary/aromatic N) is 1. The quantitative estimate of drug-likeness (QED) is 0.620. The average Bonchev–Trinajstić information content (AvgIpc) is 2.62. The SMILES string of the molecule is [B][C@@H]1Cc2ccccc2C(c2cccc(-c3ccncc3)c2)C1. The summed E-state index contributed by atoms with van der Waals surface area (Å²) in [5, 5.41) is 0. The maximum atomic E-state index is 6.32. The van der Waals surface area contributed by atoms with Crippen molar-refractivity contribution in [2.45, 2.75) is 24.6 Å². The summed E-state index contributed by atoms with van der Waals surface area (Å²) in [6, 6.07) is 21.7. The molecule has 2 atom stereocenters. The van der Waals surface area contributed by atoms with Gasteiger partial charge in [0.1, 0.15) is 0 Å². The number of benzene rings is 2. The van der Waals surface area contributed by atoms with Crippen LogP contribution in [0.1, 0.15) is 29.0 Å². The van der Waals surface area contributed by atoms with E-state index in [9.17, 15) is 0 Å². The second-order valence-corrected chi connectivity index (χ2v) is 6.31. The maximum Gasteiger partial charge on any atom is 0.0704 e. The first-order valence-electron chi connectivity index (χ1n) is 8.15. The van der Waals surface area contributed by atoms with Crippen LogP contribution in [0.4, 0.5) is 0 Å². The van der Waals surface area contributed by atoms with Crippen LogP contribution in [0.15, 0.2) is 73.1 Å². The number of hydrogen-bond acceptors (Lipinski definition) is 1. The molecule has 0 amide bonds. The minimum Gasteiger partial charge on any atom is -0.265 e. The summed E-state index contributed by atoms with van der Waals surface area (Å²) in [6.45, 7) is 0. The Balaban J connectivity index is 1.77. The van der Waals surface area contributed by atoms with Gasteiger partial charge in [0.2, 0.25) is 0 Å². The predicted molar refractivity (Wildman–Crippen MR) is 95.8 cm³/mol. The first kappa shape index (κ1) is 14.3. The summed E-state index contributed by atoms with van der Waals surface area (Å²) in [6.07, 6.45) is 5.68. The van der Waals surface area contributed by atoms with Gasteiger partial charge >= 0.3 is 0 Å². The highest BCUT2D eigenvalue weighted by molar-refractivity contribution is 6.12. The number of fused-ring (bicyclic) bond motifs is 1. The van der Waals surface area contributed by atoms with Crippen LogP contribution in [0.2, 0.25) is 5.82 Å². The standard InChI is InChI=1S/C21H18BN/c22-19-13-18-4-1-2-7-20(18)21(14-19)17-6-3-5-16(12-17)15-8-10-23-11-9-15/h1-12,19,21H,13-14H2/t19-,21?/m1/s1. The highest BCUT2D eigenvalue weighted by Crippen LogP contribution is 2.41. The van der Waals surface area contributed by atoms with E-state index in [0.717, 1.165) is 12.8 Å². The smallest absolute Gasteiger partial charge is 0.0704 e. The second kappa shape index (κ2) is 6.04. The molecule has 0 bridgehead atoms. The second-order valence-electron chi connectivity index (χ2n) is 6.31. The Morgan fingerprint density at radius 2 is 1.70 bits per heavy atom. The van der Waals surface area contributed by atoms with E-state index in [2.05, 4.69) is 65.6 Å². The van der Waals surface area contributed by atoms with Gasteiger partial charge in [-0.3, -0.25) is 4.98 Å². The van der Waals surface area contributed by atoms with Crippen LogP contribution >= 0.6 is 0 Å². The third-order valence-electron chi connectivity index (χ3n) is 4.75. The summed E-state index contributed by atoms with van der Waals surface area (Å²) in [5.41, 5.74) is 6.62. The summed E-state index contributed by atoms with van der Waals surface area (Å²) >= 11 is 0. The van der Waals surface area contributed by atoms with E-state index in [0.29, 0.717) is 5.92 Å². The molecule has 2 radical (unpaired) electrons. The molecule has 110 valence electrons. The van der Waals surface area contributed by atoms with Crippen molar-refractivity contribution in [2.75, 3.05) is 0 Å². The van der Waals surface area contributed by atoms with Gasteiger partial charge in [-0.2, -0.15) is 0 Å². The van der Waals surface area contributed by atoms with Gasteiger partial charge in [0.15, 0.2) is 0 Å². The number of aromatic nitrogens is 1. The molecule has 1 aliphatic rings. The predicted octanol–water partition coefficient (Wildman–Crippen LogP) is 4.78. The zero-order valence-corrected chi connectivity index (χ0v) is 13.0. The van der Waals surface area contributed by atoms with Gasteiger partial charge in [-0.1, -0.05) is 54.3 Å². The largest absolute Gasteiger partial charge is 0.265 e. The molecule has 1 heterocycles. The molecule has 0 aliphatic heterocycles. The lowest BCUT2D eigenvalue weighted by atomic mass is 9.67. The summed E-state index contributed by atoms with van der Waals surface area (Å²) in [4.78, 5) is 4.11. The Morgan fingerprint density at radius 1 is 0.870 bits per heavy atom. The summed E-state index contributed by atoms with van der Waals surface area (Å²) in [7, 11) is 6.32. The Morgan fingerprint density at radius 3 is 2.57 bits per heavy atom. The van der Waals surface area contributed by atoms with Crippen LogP contribution in [-0.2, 0) is 6.42 Å². The molecule has 2 heteroatoms. The highest BCUT2D eigenvalue weighted by atomic mass is 14.6. The fourth-order valence-electron chi connectivity index (χ4n) is 3.65. The van der Waals surface area contributed by atoms with Crippen molar-refractivity contribution in [3.8, 4) is 11.1 Å². The van der Waals surface area contributed by atoms with E-state index in [1.807, 2.05) is 12.4 Å². The zero-order valence-electron chi connectivity index (χ0n) is 13.0. The molecule has 1 nitrogen and oxygen atoms in total. The first-order chi connectivity index (χ1) is 11.3. The molecule has 0 saturated carbocycles. The van der Waals surface area contributed by atoms with E-state index >= 15 is 0 Å². The molecule has 1 aliphatic carbocycles. The molecule has 0 N–H and O–H groups in total. The maximum absolute atomic E-state index is 6.32. The molecule has 2 aromatic carbocycles. The lowest BCUT2D eigenvalue weighted by Gasteiger charge is -2.30. The number of pyridine rings is 1. The Labute approximate surface area is 138 Å². The Hall–Kier alpha value is -2.35. The topological polar surface area (TPSA) is 12.9 Å². The third kappa shape index (κ3) is 2.81. The zero-order chi connectivity index (χ0) is 15.6. The van der Waals surface area contributed by atoms with Crippen molar-refractivity contribution in [2.24, 2.45) is 0 Å². The van der Waals surface area contributed by atoms with Crippen LogP contribution in [0, 0.1) is 0 Å². The van der Waals surface area contributed by atoms with Gasteiger partial charge in [-0.25, -0.2) is 0 Å². The first-order valence-corrected chi connectivity index (χ1v) is 8.15. The van der Waals surface area contributed by atoms with Gasteiger partial charge in [0.05, 0.1) is 7.85 Å². The third-order valence-corrected chi connectivity index (χ3v) is 4.75. The van der Waals surface area contributed by atoms with E-state index in [1.54, 1.807) is 0 Å². The van der Waals surface area contributed by atoms with Crippen molar-refractivity contribution in [3.05, 3.63) is 89.7 Å². The van der Waals surface area contributed by atoms with Crippen molar-refractivity contribution in [3.63, 3.8) is 0 Å². The van der Waals surface area contributed by atoms with Crippen LogP contribution in [-0.4, -0.2) is 12.8 Å². The highest BCUT2D eigenvalue weighted by Gasteiger charge is 2.25. The monoisotopic (exact) mass is 295 g/mol. The molecular formula is C21H18BN. The van der Waals surface area contributed by atoms with Crippen molar-refractivity contribution >= 4 is 7.85 Å². The van der Waals surface area contributed by atoms with E-state index < -0.39 is 0 Å². The summed E-state index contributed by atoms with van der Waals surface area (Å²) in [5.74, 6) is 0.621. The Kier molecular flexibility index (Phi) is 3.74. The lowest BCUT2D eigenvalue weighted by molar-refractivity contribution is 0.615. The average molecular weight is 295 g/mol. The van der Waals surface area contributed by atoms with E-state index in [-0.39, 0.29) is 5.82 Å². The normalized spacial score (nSPS) is 20.0. The molecule has 3 aromatic rings. The van der Waals surface area contributed by atoms with E-state index in [1.165, 1.54) is 27.8 Å². The fourth-order valence-corrected chi connectivity index (χ4v) is 3.65. The molecule has 23 heavy (non-hydrogen) atoms. The number of rotatable bonds is 2. The molecule has 0 saturated heterocycles. The minimum absolute atomic E-state index is 0.236. The molecule has 1 aromatic heterocycles. The van der Waals surface area contributed by atoms with Gasteiger partial charge < -0.3 is 0 Å². The van der Waals surface area contributed by atoms with Gasteiger partial charge in [-0.05, 0) is 52.8 Å². The molecule has 1 unspecified atom stereocenters. The summed E-state index contributed by atoms with van der Waals surface area (Å²) < 4.78 is 0. The Bertz CT molecular complexity index is 813. The van der Waals surface area contributed by atoms with Crippen molar-refractivity contribution in [1.82, 2.24) is 4.98 Å². The van der Waals surface area contributed by atoms with Crippen molar-refractivity contribution < 1.29 is 0 Å². The molecule has 0 fully saturated rings. The molecular weight excluding hydrogens is 277 g/mol. The van der Waals surface area contributed by atoms with E-state index in [4.69, 9.17) is 7.85 Å². The van der Waals surface area contributed by atoms with Crippen LogP contribution in [0.25, 0.3) is 11.1 Å². The molecule has 0 spiro atoms. The van der Waals surface area contributed by atoms with Crippen LogP contribution in [0.5, 0.6) is 0 Å². The van der Waals surface area contributed by atoms with Crippen LogP contribution in [0.3, 0.4) is 0 Å². The lowest BCUT2D eigenvalue weighted by Crippen LogP contribution is -2.16. The fraction of sp³-hybridized carbons (Fsp3) is 0.190. The van der Waals surface area contributed by atoms with Gasteiger partial charge in [0, 0.05) is 18.3 Å². The minimum atomic E-state index is 0.236. The van der Waals surface area contributed by atoms with Gasteiger partial charge in [0.25, 0.3) is 0 Å². The van der Waals surface area contributed by atoms with Crippen LogP contribution < -0.4 is 0 Å². The number of hydrogen-bond donors (Lipinski definition) is 0. The molecule has 4 rings (SSSR count). The van der Waals surface area contributed by atoms with Crippen molar-refractivity contribution in [1.29, 1.82) is 0 Å². The van der Waals surface area contributed by atoms with Gasteiger partial charge in [-0.15, -0.1) is 0 Å².